The third-order valence-corrected chi connectivity index (χ3v) is 4.23. The molecule has 21 heavy (non-hydrogen) atoms. The Bertz CT molecular complexity index is 578. The Morgan fingerprint density at radius 2 is 2.10 bits per heavy atom. The lowest BCUT2D eigenvalue weighted by molar-refractivity contribution is 0.111. The van der Waals surface area contributed by atoms with Gasteiger partial charge in [-0.15, -0.1) is 0 Å². The van der Waals surface area contributed by atoms with E-state index in [-0.39, 0.29) is 0 Å². The van der Waals surface area contributed by atoms with E-state index in [1.165, 1.54) is 5.56 Å². The molecule has 2 rings (SSSR count). The zero-order valence-corrected chi connectivity index (χ0v) is 13.2. The van der Waals surface area contributed by atoms with E-state index in [2.05, 4.69) is 16.9 Å². The number of carbonyl (C=O) groups is 1. The highest BCUT2D eigenvalue weighted by Gasteiger charge is 2.10. The third kappa shape index (κ3) is 4.36. The molecule has 0 spiro atoms. The molecule has 0 saturated carbocycles. The Balaban J connectivity index is 2.00. The topological polar surface area (TPSA) is 55.0 Å². The number of aromatic amines is 1. The van der Waals surface area contributed by atoms with Gasteiger partial charge in [-0.05, 0) is 24.1 Å². The first kappa shape index (κ1) is 15.6. The maximum absolute atomic E-state index is 11.1. The lowest BCUT2D eigenvalue weighted by atomic mass is 10.2. The number of aldehydes is 1. The smallest absolute Gasteiger partial charge is 0.169 e. The van der Waals surface area contributed by atoms with Crippen LogP contribution in [0.3, 0.4) is 0 Å². The Morgan fingerprint density at radius 3 is 2.71 bits per heavy atom. The van der Waals surface area contributed by atoms with Gasteiger partial charge in [0.05, 0.1) is 7.11 Å². The van der Waals surface area contributed by atoms with E-state index in [0.29, 0.717) is 5.69 Å². The molecule has 1 heterocycles. The number of methoxy groups -OCH3 is 1. The molecule has 0 aliphatic rings. The van der Waals surface area contributed by atoms with E-state index >= 15 is 0 Å². The summed E-state index contributed by atoms with van der Waals surface area (Å²) in [5.41, 5.74) is 1.76. The fourth-order valence-corrected chi connectivity index (χ4v) is 2.87. The van der Waals surface area contributed by atoms with Crippen molar-refractivity contribution in [1.82, 2.24) is 9.97 Å². The van der Waals surface area contributed by atoms with Crippen LogP contribution in [0.15, 0.2) is 29.3 Å². The van der Waals surface area contributed by atoms with Crippen LogP contribution in [0.2, 0.25) is 0 Å². The quantitative estimate of drug-likeness (QED) is 0.594. The summed E-state index contributed by atoms with van der Waals surface area (Å²) < 4.78 is 5.14. The molecule has 0 atom stereocenters. The van der Waals surface area contributed by atoms with E-state index in [4.69, 9.17) is 4.74 Å². The first-order valence-electron chi connectivity index (χ1n) is 7.06. The largest absolute Gasteiger partial charge is 0.497 e. The van der Waals surface area contributed by atoms with E-state index in [0.717, 1.165) is 47.9 Å². The molecule has 0 aliphatic carbocycles. The molecule has 2 aromatic rings. The van der Waals surface area contributed by atoms with E-state index in [1.807, 2.05) is 24.3 Å². The van der Waals surface area contributed by atoms with E-state index < -0.39 is 0 Å². The Labute approximate surface area is 129 Å². The van der Waals surface area contributed by atoms with Crippen molar-refractivity contribution >= 4 is 18.0 Å². The average Bonchev–Trinajstić information content (AvgIpc) is 2.93. The first-order valence-corrected chi connectivity index (χ1v) is 8.05. The Hall–Kier alpha value is -1.75. The summed E-state index contributed by atoms with van der Waals surface area (Å²) in [4.78, 5) is 18.7. The molecule has 0 unspecified atom stereocenters. The summed E-state index contributed by atoms with van der Waals surface area (Å²) in [6.45, 7) is 2.14. The number of nitrogens with one attached hydrogen (secondary N) is 1. The Kier molecular flexibility index (Phi) is 5.87. The lowest BCUT2D eigenvalue weighted by Crippen LogP contribution is -1.87. The standard InChI is InChI=1S/C16H20N2O2S/c1-3-4-5-15-17-14(10-19)16(18-15)21-11-12-6-8-13(20-2)9-7-12/h6-10H,3-5,11H2,1-2H3,(H,17,18). The highest BCUT2D eigenvalue weighted by Crippen LogP contribution is 2.25. The molecule has 0 saturated heterocycles. The maximum Gasteiger partial charge on any atom is 0.169 e. The van der Waals surface area contributed by atoms with Crippen LogP contribution in [0.5, 0.6) is 5.75 Å². The average molecular weight is 304 g/mol. The molecule has 0 radical (unpaired) electrons. The molecule has 0 aliphatic heterocycles. The monoisotopic (exact) mass is 304 g/mol. The van der Waals surface area contributed by atoms with Crippen molar-refractivity contribution < 1.29 is 9.53 Å². The molecule has 0 amide bonds. The van der Waals surface area contributed by atoms with E-state index in [1.54, 1.807) is 18.9 Å². The number of aryl methyl sites for hydroxylation is 1. The number of imidazole rings is 1. The van der Waals surface area contributed by atoms with E-state index in [9.17, 15) is 4.79 Å². The van der Waals surface area contributed by atoms with Crippen LogP contribution >= 0.6 is 11.8 Å². The molecular weight excluding hydrogens is 284 g/mol. The number of carbonyl (C=O) groups excluding carboxylic acids is 1. The number of unbranched alkanes of at least 4 members (excludes halogenated alkanes) is 1. The number of nitrogens with zero attached hydrogens (tertiary/aromatic N) is 1. The highest BCUT2D eigenvalue weighted by atomic mass is 32.2. The lowest BCUT2D eigenvalue weighted by Gasteiger charge is -2.02. The highest BCUT2D eigenvalue weighted by molar-refractivity contribution is 7.98. The zero-order chi connectivity index (χ0) is 15.1. The molecule has 4 nitrogen and oxygen atoms in total. The van der Waals surface area contributed by atoms with Crippen molar-refractivity contribution in [3.8, 4) is 5.75 Å². The fraction of sp³-hybridized carbons (Fsp3) is 0.375. The minimum absolute atomic E-state index is 0.583. The van der Waals surface area contributed by atoms with Gasteiger partial charge in [0, 0.05) is 12.2 Å². The van der Waals surface area contributed by atoms with Crippen molar-refractivity contribution in [1.29, 1.82) is 0 Å². The second kappa shape index (κ2) is 7.88. The number of hydrogen-bond acceptors (Lipinski definition) is 4. The molecular formula is C16H20N2O2S. The summed E-state index contributed by atoms with van der Waals surface area (Å²) in [5, 5.41) is 0.784. The van der Waals surface area contributed by atoms with Gasteiger partial charge in [-0.3, -0.25) is 4.79 Å². The predicted octanol–water partition coefficient (Wildman–Crippen LogP) is 3.87. The van der Waals surface area contributed by atoms with Gasteiger partial charge in [0.2, 0.25) is 0 Å². The zero-order valence-electron chi connectivity index (χ0n) is 12.4. The summed E-state index contributed by atoms with van der Waals surface area (Å²) in [6.07, 6.45) is 3.93. The second-order valence-corrected chi connectivity index (χ2v) is 5.72. The minimum Gasteiger partial charge on any atom is -0.497 e. The second-order valence-electron chi connectivity index (χ2n) is 4.76. The van der Waals surface area contributed by atoms with Crippen LogP contribution in [0.4, 0.5) is 0 Å². The van der Waals surface area contributed by atoms with Crippen LogP contribution in [0.25, 0.3) is 0 Å². The van der Waals surface area contributed by atoms with Crippen molar-refractivity contribution in [2.24, 2.45) is 0 Å². The number of thioether (sulfide) groups is 1. The normalized spacial score (nSPS) is 10.6. The van der Waals surface area contributed by atoms with Crippen LogP contribution in [0, 0.1) is 0 Å². The van der Waals surface area contributed by atoms with Crippen LogP contribution < -0.4 is 4.74 Å². The van der Waals surface area contributed by atoms with Gasteiger partial charge in [0.1, 0.15) is 22.3 Å². The summed E-state index contributed by atoms with van der Waals surface area (Å²) in [6, 6.07) is 7.93. The van der Waals surface area contributed by atoms with Crippen LogP contribution in [-0.4, -0.2) is 23.4 Å². The SMILES string of the molecule is CCCCc1nc(SCc2ccc(OC)cc2)c(C=O)[nH]1. The van der Waals surface area contributed by atoms with Gasteiger partial charge in [-0.2, -0.15) is 0 Å². The molecule has 1 N–H and O–H groups in total. The number of rotatable bonds is 8. The minimum atomic E-state index is 0.583. The number of aromatic nitrogens is 2. The molecule has 0 bridgehead atoms. The summed E-state index contributed by atoms with van der Waals surface area (Å²) in [5.74, 6) is 2.53. The Morgan fingerprint density at radius 1 is 1.33 bits per heavy atom. The van der Waals surface area contributed by atoms with Crippen molar-refractivity contribution in [2.75, 3.05) is 7.11 Å². The predicted molar refractivity (Wildman–Crippen MR) is 85.1 cm³/mol. The van der Waals surface area contributed by atoms with Gasteiger partial charge in [0.15, 0.2) is 6.29 Å². The van der Waals surface area contributed by atoms with Gasteiger partial charge >= 0.3 is 0 Å². The molecule has 0 fully saturated rings. The molecule has 112 valence electrons. The van der Waals surface area contributed by atoms with Gasteiger partial charge in [-0.1, -0.05) is 37.2 Å². The third-order valence-electron chi connectivity index (χ3n) is 3.17. The number of ether oxygens (including phenoxy) is 1. The van der Waals surface area contributed by atoms with Gasteiger partial charge in [0.25, 0.3) is 0 Å². The van der Waals surface area contributed by atoms with Gasteiger partial charge in [-0.25, -0.2) is 4.98 Å². The van der Waals surface area contributed by atoms with Crippen LogP contribution in [-0.2, 0) is 12.2 Å². The number of H-pyrrole nitrogens is 1. The van der Waals surface area contributed by atoms with Crippen molar-refractivity contribution in [3.05, 3.63) is 41.3 Å². The summed E-state index contributed by atoms with van der Waals surface area (Å²) in [7, 11) is 1.65. The number of hydrogen-bond donors (Lipinski definition) is 1. The molecule has 1 aromatic carbocycles. The van der Waals surface area contributed by atoms with Crippen molar-refractivity contribution in [3.63, 3.8) is 0 Å². The molecule has 5 heteroatoms. The van der Waals surface area contributed by atoms with Crippen LogP contribution in [0.1, 0.15) is 41.6 Å². The molecule has 1 aromatic heterocycles. The fourth-order valence-electron chi connectivity index (χ4n) is 1.95. The van der Waals surface area contributed by atoms with Gasteiger partial charge < -0.3 is 9.72 Å². The van der Waals surface area contributed by atoms with Crippen molar-refractivity contribution in [2.45, 2.75) is 37.0 Å². The summed E-state index contributed by atoms with van der Waals surface area (Å²) >= 11 is 1.58. The maximum atomic E-state index is 11.1. The first-order chi connectivity index (χ1) is 10.3. The number of benzene rings is 1.